The molecule has 1 aliphatic rings. The molecule has 188 valence electrons. The van der Waals surface area contributed by atoms with Gasteiger partial charge in [-0.15, -0.1) is 0 Å². The van der Waals surface area contributed by atoms with Gasteiger partial charge in [0, 0.05) is 22.1 Å². The molecule has 36 heavy (non-hydrogen) atoms. The van der Waals surface area contributed by atoms with Gasteiger partial charge in [-0.2, -0.15) is 0 Å². The maximum Gasteiger partial charge on any atom is 0.340 e. The molecule has 3 aromatic rings. The van der Waals surface area contributed by atoms with Gasteiger partial charge in [0.1, 0.15) is 12.4 Å². The number of hydrogen-bond acceptors (Lipinski definition) is 7. The van der Waals surface area contributed by atoms with E-state index in [0.29, 0.717) is 39.2 Å². The molecule has 10 heteroatoms. The van der Waals surface area contributed by atoms with E-state index >= 15 is 0 Å². The van der Waals surface area contributed by atoms with E-state index in [4.69, 9.17) is 14.8 Å². The van der Waals surface area contributed by atoms with Crippen molar-refractivity contribution >= 4 is 22.8 Å². The van der Waals surface area contributed by atoms with Crippen LogP contribution in [0, 0.1) is 0 Å². The van der Waals surface area contributed by atoms with Crippen molar-refractivity contribution < 1.29 is 34.8 Å². The number of ether oxygens (including phenoxy) is 1. The highest BCUT2D eigenvalue weighted by molar-refractivity contribution is 5.89. The minimum absolute atomic E-state index is 0.0407. The molecule has 2 aromatic heterocycles. The molecule has 0 aliphatic carbocycles. The van der Waals surface area contributed by atoms with Crippen LogP contribution in [0.4, 0.5) is 0 Å². The molecular weight excluding hydrogens is 468 g/mol. The lowest BCUT2D eigenvalue weighted by Crippen LogP contribution is -2.39. The van der Waals surface area contributed by atoms with Crippen molar-refractivity contribution in [2.75, 3.05) is 6.61 Å². The van der Waals surface area contributed by atoms with E-state index in [9.17, 15) is 29.7 Å². The smallest absolute Gasteiger partial charge is 0.340 e. The standard InChI is InChI=1S/C26H26N2O8/c1-4-15-19(26(35,5-2)25(33)34)9-21-22-17(10-28(21)23(15)30)18(11-29)16-8-14(6-7-20(16)27-22)36-12-13(3)24(31)32/h6-9,29,35H,3-5,10-12H2,1-2H3,(H,31,32)(H,33,34)/t26-/m0/s1. The summed E-state index contributed by atoms with van der Waals surface area (Å²) in [5.41, 5.74) is -0.112. The topological polar surface area (TPSA) is 159 Å². The molecule has 0 radical (unpaired) electrons. The summed E-state index contributed by atoms with van der Waals surface area (Å²) in [6, 6.07) is 6.40. The number of aliphatic hydroxyl groups is 2. The largest absolute Gasteiger partial charge is 0.489 e. The van der Waals surface area contributed by atoms with Crippen molar-refractivity contribution in [2.24, 2.45) is 0 Å². The molecule has 10 nitrogen and oxygen atoms in total. The summed E-state index contributed by atoms with van der Waals surface area (Å²) < 4.78 is 7.00. The molecule has 4 N–H and O–H groups in total. The second-order valence-corrected chi connectivity index (χ2v) is 8.64. The fourth-order valence-corrected chi connectivity index (χ4v) is 4.60. The van der Waals surface area contributed by atoms with E-state index in [1.165, 1.54) is 17.6 Å². The van der Waals surface area contributed by atoms with E-state index in [2.05, 4.69) is 6.58 Å². The zero-order valence-corrected chi connectivity index (χ0v) is 19.9. The summed E-state index contributed by atoms with van der Waals surface area (Å²) in [6.45, 7) is 6.23. The Morgan fingerprint density at radius 3 is 2.50 bits per heavy atom. The van der Waals surface area contributed by atoms with Crippen LogP contribution in [0.15, 0.2) is 41.2 Å². The molecule has 4 rings (SSSR count). The average Bonchev–Trinajstić information content (AvgIpc) is 3.23. The second-order valence-electron chi connectivity index (χ2n) is 8.64. The number of hydrogen-bond donors (Lipinski definition) is 4. The fraction of sp³-hybridized carbons (Fsp3) is 0.308. The van der Waals surface area contributed by atoms with Gasteiger partial charge in [0.2, 0.25) is 0 Å². The van der Waals surface area contributed by atoms with E-state index in [0.717, 1.165) is 0 Å². The minimum Gasteiger partial charge on any atom is -0.489 e. The summed E-state index contributed by atoms with van der Waals surface area (Å²) in [7, 11) is 0. The van der Waals surface area contributed by atoms with Crippen LogP contribution in [-0.2, 0) is 34.8 Å². The van der Waals surface area contributed by atoms with Gasteiger partial charge in [0.05, 0.1) is 35.6 Å². The predicted octanol–water partition coefficient (Wildman–Crippen LogP) is 2.18. The van der Waals surface area contributed by atoms with Crippen molar-refractivity contribution in [3.8, 4) is 17.1 Å². The number of fused-ring (bicyclic) bond motifs is 4. The first-order valence-corrected chi connectivity index (χ1v) is 11.4. The molecule has 0 spiro atoms. The number of carboxylic acid groups (broad SMARTS) is 2. The predicted molar refractivity (Wildman–Crippen MR) is 130 cm³/mol. The molecule has 1 aromatic carbocycles. The Hall–Kier alpha value is -4.02. The van der Waals surface area contributed by atoms with Crippen LogP contribution in [0.1, 0.15) is 42.5 Å². The number of carbonyl (C=O) groups is 2. The number of carboxylic acids is 2. The summed E-state index contributed by atoms with van der Waals surface area (Å²) in [4.78, 5) is 41.1. The Morgan fingerprint density at radius 1 is 1.19 bits per heavy atom. The van der Waals surface area contributed by atoms with E-state index in [-0.39, 0.29) is 49.3 Å². The van der Waals surface area contributed by atoms with Gasteiger partial charge in [0.15, 0.2) is 5.60 Å². The number of aliphatic hydroxyl groups excluding tert-OH is 1. The van der Waals surface area contributed by atoms with Crippen LogP contribution >= 0.6 is 0 Å². The number of pyridine rings is 2. The summed E-state index contributed by atoms with van der Waals surface area (Å²) in [6.07, 6.45) is 0.0974. The van der Waals surface area contributed by atoms with Gasteiger partial charge in [0.25, 0.3) is 5.56 Å². The lowest BCUT2D eigenvalue weighted by atomic mass is 9.86. The van der Waals surface area contributed by atoms with Crippen LogP contribution < -0.4 is 10.3 Å². The Balaban J connectivity index is 1.90. The summed E-state index contributed by atoms with van der Waals surface area (Å²) in [5.74, 6) is -2.25. The van der Waals surface area contributed by atoms with E-state index in [1.807, 2.05) is 0 Å². The van der Waals surface area contributed by atoms with Crippen molar-refractivity contribution in [3.63, 3.8) is 0 Å². The molecule has 3 heterocycles. The molecule has 1 atom stereocenters. The van der Waals surface area contributed by atoms with Crippen LogP contribution in [0.2, 0.25) is 0 Å². The molecular formula is C26H26N2O8. The highest BCUT2D eigenvalue weighted by Crippen LogP contribution is 2.39. The van der Waals surface area contributed by atoms with Gasteiger partial charge >= 0.3 is 11.9 Å². The van der Waals surface area contributed by atoms with Crippen LogP contribution in [0.5, 0.6) is 5.75 Å². The van der Waals surface area contributed by atoms with Gasteiger partial charge < -0.3 is 29.7 Å². The van der Waals surface area contributed by atoms with Crippen LogP contribution in [0.3, 0.4) is 0 Å². The number of rotatable bonds is 9. The van der Waals surface area contributed by atoms with E-state index < -0.39 is 23.1 Å². The lowest BCUT2D eigenvalue weighted by Gasteiger charge is -2.25. The number of aromatic nitrogens is 2. The number of benzene rings is 1. The van der Waals surface area contributed by atoms with Crippen LogP contribution in [-0.4, -0.2) is 48.5 Å². The zero-order chi connectivity index (χ0) is 26.4. The molecule has 0 unspecified atom stereocenters. The minimum atomic E-state index is -2.23. The van der Waals surface area contributed by atoms with Crippen molar-refractivity contribution in [1.82, 2.24) is 9.55 Å². The quantitative estimate of drug-likeness (QED) is 0.256. The fourth-order valence-electron chi connectivity index (χ4n) is 4.60. The van der Waals surface area contributed by atoms with Gasteiger partial charge in [-0.1, -0.05) is 20.4 Å². The molecule has 0 saturated carbocycles. The second kappa shape index (κ2) is 9.21. The van der Waals surface area contributed by atoms with Crippen LogP contribution in [0.25, 0.3) is 22.3 Å². The molecule has 0 fully saturated rings. The monoisotopic (exact) mass is 494 g/mol. The maximum atomic E-state index is 13.4. The molecule has 1 aliphatic heterocycles. The summed E-state index contributed by atoms with van der Waals surface area (Å²) in [5, 5.41) is 40.5. The molecule has 0 amide bonds. The SMILES string of the molecule is C=C(COc1ccc2nc3c(c(CO)c2c1)Cn1c-3cc([C@@](O)(CC)C(=O)O)c(CC)c1=O)C(=O)O. The first kappa shape index (κ1) is 25.1. The van der Waals surface area contributed by atoms with Gasteiger partial charge in [-0.05, 0) is 42.7 Å². The number of nitrogens with zero attached hydrogens (tertiary/aromatic N) is 2. The first-order valence-electron chi connectivity index (χ1n) is 11.4. The highest BCUT2D eigenvalue weighted by atomic mass is 16.5. The molecule has 0 saturated heterocycles. The highest BCUT2D eigenvalue weighted by Gasteiger charge is 2.40. The van der Waals surface area contributed by atoms with Gasteiger partial charge in [-0.25, -0.2) is 14.6 Å². The Morgan fingerprint density at radius 2 is 1.92 bits per heavy atom. The molecule has 0 bridgehead atoms. The lowest BCUT2D eigenvalue weighted by molar-refractivity contribution is -0.160. The van der Waals surface area contributed by atoms with E-state index in [1.54, 1.807) is 25.1 Å². The third-order valence-corrected chi connectivity index (χ3v) is 6.67. The van der Waals surface area contributed by atoms with Crippen molar-refractivity contribution in [1.29, 1.82) is 0 Å². The Bertz CT molecular complexity index is 1490. The van der Waals surface area contributed by atoms with Gasteiger partial charge in [-0.3, -0.25) is 4.79 Å². The van der Waals surface area contributed by atoms with Crippen molar-refractivity contribution in [3.05, 3.63) is 69.0 Å². The zero-order valence-electron chi connectivity index (χ0n) is 19.9. The summed E-state index contributed by atoms with van der Waals surface area (Å²) >= 11 is 0. The Kier molecular flexibility index (Phi) is 6.42. The third kappa shape index (κ3) is 3.84. The Labute approximate surface area is 205 Å². The first-order chi connectivity index (χ1) is 17.1. The third-order valence-electron chi connectivity index (χ3n) is 6.67. The number of aliphatic carboxylic acids is 2. The normalized spacial score (nSPS) is 13.7. The average molecular weight is 495 g/mol. The maximum absolute atomic E-state index is 13.4. The van der Waals surface area contributed by atoms with Crippen molar-refractivity contribution in [2.45, 2.75) is 45.4 Å².